The molecular formula is C17H25ClN2O2. The fourth-order valence-corrected chi connectivity index (χ4v) is 3.44. The number of hydrogen-bond acceptors (Lipinski definition) is 3. The molecule has 0 bridgehead atoms. The molecule has 5 heteroatoms. The molecule has 0 aliphatic carbocycles. The van der Waals surface area contributed by atoms with Crippen molar-refractivity contribution in [2.24, 2.45) is 5.92 Å². The van der Waals surface area contributed by atoms with Gasteiger partial charge in [0.15, 0.2) is 0 Å². The van der Waals surface area contributed by atoms with E-state index in [0.717, 1.165) is 31.5 Å². The lowest BCUT2D eigenvalue weighted by molar-refractivity contribution is -0.121. The first-order chi connectivity index (χ1) is 10.6. The molecule has 3 N–H and O–H groups in total. The first-order valence-electron chi connectivity index (χ1n) is 7.96. The Bertz CT molecular complexity index is 503. The zero-order valence-electron chi connectivity index (χ0n) is 13.1. The number of halogens is 1. The maximum atomic E-state index is 11.4. The monoisotopic (exact) mass is 324 g/mol. The van der Waals surface area contributed by atoms with Crippen LogP contribution in [-0.4, -0.2) is 31.2 Å². The predicted octanol–water partition coefficient (Wildman–Crippen LogP) is 2.44. The number of piperidine rings is 1. The van der Waals surface area contributed by atoms with Crippen molar-refractivity contribution >= 4 is 17.5 Å². The summed E-state index contributed by atoms with van der Waals surface area (Å²) < 4.78 is 0. The van der Waals surface area contributed by atoms with Crippen molar-refractivity contribution in [1.29, 1.82) is 0 Å². The van der Waals surface area contributed by atoms with Gasteiger partial charge in [-0.05, 0) is 49.9 Å². The van der Waals surface area contributed by atoms with Gasteiger partial charge in [-0.2, -0.15) is 0 Å². The average molecular weight is 325 g/mol. The molecule has 2 rings (SSSR count). The minimum Gasteiger partial charge on any atom is -0.385 e. The van der Waals surface area contributed by atoms with E-state index in [2.05, 4.69) is 10.6 Å². The Balaban J connectivity index is 2.17. The topological polar surface area (TPSA) is 61.4 Å². The number of benzene rings is 1. The van der Waals surface area contributed by atoms with E-state index in [1.165, 1.54) is 0 Å². The lowest BCUT2D eigenvalue weighted by Crippen LogP contribution is -2.44. The average Bonchev–Trinajstić information content (AvgIpc) is 2.55. The molecule has 1 heterocycles. The van der Waals surface area contributed by atoms with Crippen molar-refractivity contribution < 1.29 is 9.90 Å². The van der Waals surface area contributed by atoms with Gasteiger partial charge in [0.25, 0.3) is 0 Å². The SMILES string of the molecule is CNC(=O)CCC[C@@](O)(c1cccc(Cl)c1)[C@@H]1CCCNC1. The van der Waals surface area contributed by atoms with Crippen LogP contribution in [0.4, 0.5) is 0 Å². The number of nitrogens with one attached hydrogen (secondary N) is 2. The van der Waals surface area contributed by atoms with Gasteiger partial charge in [0, 0.05) is 31.0 Å². The Morgan fingerprint density at radius 2 is 2.36 bits per heavy atom. The molecule has 0 saturated carbocycles. The lowest BCUT2D eigenvalue weighted by atomic mass is 9.74. The highest BCUT2D eigenvalue weighted by Gasteiger charge is 2.38. The van der Waals surface area contributed by atoms with Crippen LogP contribution < -0.4 is 10.6 Å². The van der Waals surface area contributed by atoms with Crippen LogP contribution in [0.2, 0.25) is 5.02 Å². The highest BCUT2D eigenvalue weighted by atomic mass is 35.5. The van der Waals surface area contributed by atoms with Gasteiger partial charge in [-0.1, -0.05) is 23.7 Å². The molecule has 0 aromatic heterocycles. The van der Waals surface area contributed by atoms with Crippen LogP contribution >= 0.6 is 11.6 Å². The Hall–Kier alpha value is -1.10. The summed E-state index contributed by atoms with van der Waals surface area (Å²) in [6.45, 7) is 1.79. The van der Waals surface area contributed by atoms with E-state index in [0.29, 0.717) is 24.3 Å². The number of carbonyl (C=O) groups is 1. The van der Waals surface area contributed by atoms with Crippen LogP contribution in [0.3, 0.4) is 0 Å². The predicted molar refractivity (Wildman–Crippen MR) is 88.9 cm³/mol. The quantitative estimate of drug-likeness (QED) is 0.753. The first-order valence-corrected chi connectivity index (χ1v) is 8.34. The molecule has 22 heavy (non-hydrogen) atoms. The number of amides is 1. The third-order valence-electron chi connectivity index (χ3n) is 4.54. The summed E-state index contributed by atoms with van der Waals surface area (Å²) in [5, 5.41) is 18.0. The van der Waals surface area contributed by atoms with E-state index in [4.69, 9.17) is 11.6 Å². The zero-order chi connectivity index (χ0) is 16.0. The fraction of sp³-hybridized carbons (Fsp3) is 0.588. The molecule has 0 radical (unpaired) electrons. The minimum absolute atomic E-state index is 0.00946. The summed E-state index contributed by atoms with van der Waals surface area (Å²) in [7, 11) is 1.64. The molecule has 0 unspecified atom stereocenters. The standard InChI is InChI=1S/C17H25ClN2O2/c1-19-16(21)8-3-9-17(22,14-6-4-10-20-12-14)13-5-2-7-15(18)11-13/h2,5,7,11,14,20,22H,3-4,6,8-10,12H2,1H3,(H,19,21)/t14-,17-/m1/s1. The summed E-state index contributed by atoms with van der Waals surface area (Å²) >= 11 is 6.11. The molecule has 1 aromatic carbocycles. The van der Waals surface area contributed by atoms with Crippen LogP contribution in [0.25, 0.3) is 0 Å². The van der Waals surface area contributed by atoms with Gasteiger partial charge in [0.05, 0.1) is 5.60 Å². The van der Waals surface area contributed by atoms with E-state index in [9.17, 15) is 9.90 Å². The van der Waals surface area contributed by atoms with Crippen molar-refractivity contribution in [2.75, 3.05) is 20.1 Å². The third kappa shape index (κ3) is 4.22. The molecular weight excluding hydrogens is 300 g/mol. The highest BCUT2D eigenvalue weighted by Crippen LogP contribution is 2.39. The van der Waals surface area contributed by atoms with Gasteiger partial charge in [0.2, 0.25) is 5.91 Å². The van der Waals surface area contributed by atoms with Gasteiger partial charge in [-0.3, -0.25) is 4.79 Å². The molecule has 1 saturated heterocycles. The zero-order valence-corrected chi connectivity index (χ0v) is 13.8. The van der Waals surface area contributed by atoms with Crippen molar-refractivity contribution in [3.05, 3.63) is 34.9 Å². The molecule has 0 spiro atoms. The molecule has 4 nitrogen and oxygen atoms in total. The van der Waals surface area contributed by atoms with Gasteiger partial charge in [-0.15, -0.1) is 0 Å². The van der Waals surface area contributed by atoms with E-state index >= 15 is 0 Å². The number of aliphatic hydroxyl groups is 1. The minimum atomic E-state index is -0.938. The second-order valence-electron chi connectivity index (χ2n) is 6.00. The first kappa shape index (κ1) is 17.3. The van der Waals surface area contributed by atoms with Crippen molar-refractivity contribution in [3.8, 4) is 0 Å². The summed E-state index contributed by atoms with van der Waals surface area (Å²) in [5.74, 6) is 0.152. The molecule has 1 aliphatic rings. The van der Waals surface area contributed by atoms with E-state index < -0.39 is 5.60 Å². The number of rotatable bonds is 6. The summed E-state index contributed by atoms with van der Waals surface area (Å²) in [6.07, 6.45) is 3.69. The summed E-state index contributed by atoms with van der Waals surface area (Å²) in [6, 6.07) is 7.46. The van der Waals surface area contributed by atoms with Crippen molar-refractivity contribution in [2.45, 2.75) is 37.7 Å². The Morgan fingerprint density at radius 1 is 1.55 bits per heavy atom. The van der Waals surface area contributed by atoms with Gasteiger partial charge in [-0.25, -0.2) is 0 Å². The van der Waals surface area contributed by atoms with Crippen molar-refractivity contribution in [1.82, 2.24) is 10.6 Å². The van der Waals surface area contributed by atoms with Crippen molar-refractivity contribution in [3.63, 3.8) is 0 Å². The maximum absolute atomic E-state index is 11.4. The lowest BCUT2D eigenvalue weighted by Gasteiger charge is -2.39. The molecule has 1 aromatic rings. The second-order valence-corrected chi connectivity index (χ2v) is 6.44. The third-order valence-corrected chi connectivity index (χ3v) is 4.77. The molecule has 1 aliphatic heterocycles. The smallest absolute Gasteiger partial charge is 0.219 e. The van der Waals surface area contributed by atoms with Gasteiger partial charge >= 0.3 is 0 Å². The normalized spacial score (nSPS) is 21.1. The maximum Gasteiger partial charge on any atom is 0.219 e. The Kier molecular flexibility index (Phi) is 6.24. The van der Waals surface area contributed by atoms with E-state index in [1.807, 2.05) is 24.3 Å². The van der Waals surface area contributed by atoms with Crippen LogP contribution in [0.15, 0.2) is 24.3 Å². The van der Waals surface area contributed by atoms with Crippen LogP contribution in [0.5, 0.6) is 0 Å². The van der Waals surface area contributed by atoms with E-state index in [1.54, 1.807) is 7.05 Å². The van der Waals surface area contributed by atoms with Crippen LogP contribution in [0.1, 0.15) is 37.7 Å². The Morgan fingerprint density at radius 3 is 3.00 bits per heavy atom. The summed E-state index contributed by atoms with van der Waals surface area (Å²) in [4.78, 5) is 11.4. The Labute approximate surface area is 137 Å². The second kappa shape index (κ2) is 7.95. The summed E-state index contributed by atoms with van der Waals surface area (Å²) in [5.41, 5.74) is -0.0857. The molecule has 1 amide bonds. The largest absolute Gasteiger partial charge is 0.385 e. The van der Waals surface area contributed by atoms with Crippen LogP contribution in [-0.2, 0) is 10.4 Å². The molecule has 1 fully saturated rings. The molecule has 2 atom stereocenters. The van der Waals surface area contributed by atoms with Crippen LogP contribution in [0, 0.1) is 5.92 Å². The molecule has 122 valence electrons. The number of carbonyl (C=O) groups excluding carboxylic acids is 1. The fourth-order valence-electron chi connectivity index (χ4n) is 3.24. The van der Waals surface area contributed by atoms with Gasteiger partial charge in [0.1, 0.15) is 0 Å². The number of hydrogen-bond donors (Lipinski definition) is 3. The highest BCUT2D eigenvalue weighted by molar-refractivity contribution is 6.30. The van der Waals surface area contributed by atoms with E-state index in [-0.39, 0.29) is 11.8 Å². The van der Waals surface area contributed by atoms with Gasteiger partial charge < -0.3 is 15.7 Å².